The predicted octanol–water partition coefficient (Wildman–Crippen LogP) is 10.5. The highest BCUT2D eigenvalue weighted by atomic mass is 35.5. The van der Waals surface area contributed by atoms with Crippen molar-refractivity contribution in [3.63, 3.8) is 0 Å². The second kappa shape index (κ2) is 16.5. The van der Waals surface area contributed by atoms with Crippen LogP contribution in [0.25, 0.3) is 21.8 Å². The van der Waals surface area contributed by atoms with Gasteiger partial charge in [-0.1, -0.05) is 54.7 Å². The molecule has 4 aromatic carbocycles. The molecule has 0 saturated carbocycles. The van der Waals surface area contributed by atoms with Crippen molar-refractivity contribution in [2.75, 3.05) is 36.0 Å². The van der Waals surface area contributed by atoms with Crippen LogP contribution < -0.4 is 9.80 Å². The van der Waals surface area contributed by atoms with Gasteiger partial charge in [-0.25, -0.2) is 25.6 Å². The van der Waals surface area contributed by atoms with Gasteiger partial charge in [0.15, 0.2) is 0 Å². The van der Waals surface area contributed by atoms with Crippen LogP contribution in [0.5, 0.6) is 0 Å². The quantitative estimate of drug-likeness (QED) is 0.163. The summed E-state index contributed by atoms with van der Waals surface area (Å²) in [6, 6.07) is 19.8. The number of aromatic nitrogens is 2. The van der Waals surface area contributed by atoms with Crippen molar-refractivity contribution in [3.05, 3.63) is 118 Å². The maximum atomic E-state index is 13.7. The Morgan fingerprint density at radius 3 is 1.40 bits per heavy atom. The van der Waals surface area contributed by atoms with Crippen LogP contribution in [0.1, 0.15) is 45.1 Å². The normalized spacial score (nSPS) is 15.8. The van der Waals surface area contributed by atoms with Gasteiger partial charge in [0.2, 0.25) is 19.7 Å². The third-order valence-electron chi connectivity index (χ3n) is 10.8. The second-order valence-electron chi connectivity index (χ2n) is 15.0. The Hall–Kier alpha value is -4.36. The monoisotopic (exact) mass is 850 g/mol. The smallest absolute Gasteiger partial charge is 0.210 e. The number of benzene rings is 4. The average Bonchev–Trinajstić information content (AvgIpc) is 3.17. The van der Waals surface area contributed by atoms with Gasteiger partial charge in [0.1, 0.15) is 21.4 Å². The molecule has 8 nitrogen and oxygen atoms in total. The molecule has 14 heteroatoms. The molecule has 2 aliphatic rings. The van der Waals surface area contributed by atoms with Crippen molar-refractivity contribution in [2.24, 2.45) is 11.8 Å². The van der Waals surface area contributed by atoms with E-state index >= 15 is 0 Å². The summed E-state index contributed by atoms with van der Waals surface area (Å²) in [6.45, 7) is 9.33. The first-order valence-electron chi connectivity index (χ1n) is 18.8. The summed E-state index contributed by atoms with van der Waals surface area (Å²) in [5.41, 5.74) is 3.58. The minimum absolute atomic E-state index is 0.0770. The Morgan fingerprint density at radius 2 is 0.982 bits per heavy atom. The van der Waals surface area contributed by atoms with Gasteiger partial charge in [-0.3, -0.25) is 9.97 Å². The highest BCUT2D eigenvalue weighted by Crippen LogP contribution is 2.40. The molecule has 0 unspecified atom stereocenters. The standard InChI is InChI=1S/C22H23ClN2O2S.C21H19ClF2N2O2S/c1-15-3-6-18(7-4-15)28(26,27)21-14-24-20-8-5-17(23)13-19(20)22(21)25-11-9-16(2)10-12-25;1-13-4-6-26(7-5-13)21-18-8-14(22)2-3-19(18)25-12-20(21)29(27,28)17-10-15(23)9-16(24)11-17/h3-8,13-14,16H,9-12H2,1-2H3;2-3,8-13H,4-7H2,1H3. The summed E-state index contributed by atoms with van der Waals surface area (Å²) in [5.74, 6) is -0.715. The molecule has 57 heavy (non-hydrogen) atoms. The lowest BCUT2D eigenvalue weighted by Gasteiger charge is -2.34. The molecule has 0 amide bonds. The first-order chi connectivity index (χ1) is 27.1. The highest BCUT2D eigenvalue weighted by molar-refractivity contribution is 7.92. The van der Waals surface area contributed by atoms with Gasteiger partial charge in [0.25, 0.3) is 0 Å². The summed E-state index contributed by atoms with van der Waals surface area (Å²) in [6.07, 6.45) is 6.67. The second-order valence-corrected chi connectivity index (χ2v) is 19.7. The average molecular weight is 852 g/mol. The maximum Gasteiger partial charge on any atom is 0.210 e. The molecular weight excluding hydrogens is 810 g/mol. The van der Waals surface area contributed by atoms with E-state index in [4.69, 9.17) is 23.2 Å². The van der Waals surface area contributed by atoms with Crippen LogP contribution in [-0.2, 0) is 19.7 Å². The van der Waals surface area contributed by atoms with Gasteiger partial charge in [0.05, 0.1) is 32.2 Å². The molecule has 8 rings (SSSR count). The maximum absolute atomic E-state index is 13.7. The molecule has 2 aliphatic heterocycles. The largest absolute Gasteiger partial charge is 0.370 e. The van der Waals surface area contributed by atoms with Crippen LogP contribution in [0.2, 0.25) is 10.0 Å². The number of halogens is 4. The molecule has 2 aromatic heterocycles. The van der Waals surface area contributed by atoms with E-state index in [-0.39, 0.29) is 14.7 Å². The van der Waals surface area contributed by atoms with E-state index in [2.05, 4.69) is 28.7 Å². The van der Waals surface area contributed by atoms with Gasteiger partial charge in [-0.2, -0.15) is 0 Å². The number of rotatable bonds is 6. The summed E-state index contributed by atoms with van der Waals surface area (Å²) in [7, 11) is -7.91. The molecule has 0 atom stereocenters. The predicted molar refractivity (Wildman–Crippen MR) is 223 cm³/mol. The minimum Gasteiger partial charge on any atom is -0.370 e. The van der Waals surface area contributed by atoms with Crippen molar-refractivity contribution < 1.29 is 25.6 Å². The fourth-order valence-corrected chi connectivity index (χ4v) is 10.7. The summed E-state index contributed by atoms with van der Waals surface area (Å²) >= 11 is 12.4. The molecule has 0 bridgehead atoms. The minimum atomic E-state index is -4.21. The first-order valence-corrected chi connectivity index (χ1v) is 22.5. The highest BCUT2D eigenvalue weighted by Gasteiger charge is 2.31. The van der Waals surface area contributed by atoms with Gasteiger partial charge in [-0.15, -0.1) is 0 Å². The van der Waals surface area contributed by atoms with Gasteiger partial charge < -0.3 is 9.80 Å². The van der Waals surface area contributed by atoms with Crippen molar-refractivity contribution >= 4 is 76.1 Å². The van der Waals surface area contributed by atoms with Crippen LogP contribution in [0, 0.1) is 30.4 Å². The fourth-order valence-electron chi connectivity index (χ4n) is 7.43. The SMILES string of the molecule is CC1CCN(c2c(S(=O)(=O)c3cc(F)cc(F)c3)cnc3ccc(Cl)cc23)CC1.Cc1ccc(S(=O)(=O)c2cnc3ccc(Cl)cc3c2N2CCC(C)CC2)cc1. The molecule has 2 saturated heterocycles. The molecule has 0 N–H and O–H groups in total. The van der Waals surface area contributed by atoms with E-state index in [9.17, 15) is 25.6 Å². The van der Waals surface area contributed by atoms with E-state index < -0.39 is 36.2 Å². The summed E-state index contributed by atoms with van der Waals surface area (Å²) < 4.78 is 81.2. The number of aryl methyl sites for hydroxylation is 1. The van der Waals surface area contributed by atoms with Gasteiger partial charge in [-0.05, 0) is 105 Å². The molecule has 0 aliphatic carbocycles. The molecular formula is C43H42Cl2F2N4O4S2. The number of nitrogens with zero attached hydrogens (tertiary/aromatic N) is 4. The topological polar surface area (TPSA) is 101 Å². The molecule has 6 aromatic rings. The van der Waals surface area contributed by atoms with Crippen molar-refractivity contribution in [2.45, 2.75) is 66.0 Å². The number of hydrogen-bond acceptors (Lipinski definition) is 8. The zero-order chi connectivity index (χ0) is 40.6. The molecule has 0 spiro atoms. The van der Waals surface area contributed by atoms with E-state index in [0.717, 1.165) is 73.1 Å². The Kier molecular flexibility index (Phi) is 11.8. The lowest BCUT2D eigenvalue weighted by Crippen LogP contribution is -2.34. The first kappa shape index (κ1) is 40.8. The number of anilines is 2. The van der Waals surface area contributed by atoms with Crippen LogP contribution in [-0.4, -0.2) is 53.0 Å². The number of hydrogen-bond donors (Lipinski definition) is 0. The zero-order valence-corrected chi connectivity index (χ0v) is 34.9. The van der Waals surface area contributed by atoms with Gasteiger partial charge >= 0.3 is 0 Å². The Labute approximate surface area is 342 Å². The Morgan fingerprint density at radius 1 is 0.579 bits per heavy atom. The number of piperidine rings is 2. The van der Waals surface area contributed by atoms with Crippen LogP contribution in [0.15, 0.2) is 111 Å². The number of pyridine rings is 2. The van der Waals surface area contributed by atoms with E-state index in [1.165, 1.54) is 12.4 Å². The van der Waals surface area contributed by atoms with E-state index in [1.807, 2.05) is 36.1 Å². The van der Waals surface area contributed by atoms with E-state index in [1.54, 1.807) is 36.4 Å². The van der Waals surface area contributed by atoms with Crippen LogP contribution in [0.4, 0.5) is 20.2 Å². The van der Waals surface area contributed by atoms with Crippen molar-refractivity contribution in [3.8, 4) is 0 Å². The molecule has 298 valence electrons. The van der Waals surface area contributed by atoms with E-state index in [0.29, 0.717) is 57.6 Å². The third kappa shape index (κ3) is 8.60. The zero-order valence-electron chi connectivity index (χ0n) is 31.7. The van der Waals surface area contributed by atoms with Gasteiger partial charge in [0, 0.05) is 65.5 Å². The molecule has 2 fully saturated rings. The molecule has 4 heterocycles. The third-order valence-corrected chi connectivity index (χ3v) is 14.8. The molecule has 0 radical (unpaired) electrons. The number of sulfone groups is 2. The lowest BCUT2D eigenvalue weighted by molar-refractivity contribution is 0.437. The summed E-state index contributed by atoms with van der Waals surface area (Å²) in [4.78, 5) is 12.9. The number of fused-ring (bicyclic) bond motifs is 2. The van der Waals surface area contributed by atoms with Crippen LogP contribution in [0.3, 0.4) is 0 Å². The van der Waals surface area contributed by atoms with Crippen molar-refractivity contribution in [1.82, 2.24) is 9.97 Å². The summed E-state index contributed by atoms with van der Waals surface area (Å²) in [5, 5.41) is 2.42. The Balaban J connectivity index is 0.000000174. The van der Waals surface area contributed by atoms with Crippen LogP contribution >= 0.6 is 23.2 Å². The lowest BCUT2D eigenvalue weighted by atomic mass is 9.98. The van der Waals surface area contributed by atoms with Crippen molar-refractivity contribution in [1.29, 1.82) is 0 Å². The Bertz CT molecular complexity index is 2670. The fraction of sp³-hybridized carbons (Fsp3) is 0.302.